The highest BCUT2D eigenvalue weighted by Gasteiger charge is 2.33. The van der Waals surface area contributed by atoms with Gasteiger partial charge < -0.3 is 9.47 Å². The molecule has 7 nitrogen and oxygen atoms in total. The van der Waals surface area contributed by atoms with E-state index < -0.39 is 0 Å². The van der Waals surface area contributed by atoms with Gasteiger partial charge in [0.2, 0.25) is 5.91 Å². The fraction of sp³-hybridized carbons (Fsp3) is 0.160. The van der Waals surface area contributed by atoms with Crippen molar-refractivity contribution in [3.8, 4) is 17.2 Å². The monoisotopic (exact) mass is 458 g/mol. The highest BCUT2D eigenvalue weighted by molar-refractivity contribution is 7.99. The van der Waals surface area contributed by atoms with Gasteiger partial charge in [-0.2, -0.15) is 0 Å². The van der Waals surface area contributed by atoms with E-state index in [9.17, 15) is 4.79 Å². The fourth-order valence-corrected chi connectivity index (χ4v) is 4.71. The summed E-state index contributed by atoms with van der Waals surface area (Å²) in [5.74, 6) is 1.59. The summed E-state index contributed by atoms with van der Waals surface area (Å²) in [7, 11) is 1.62. The summed E-state index contributed by atoms with van der Waals surface area (Å²) >= 11 is 1.34. The second-order valence-corrected chi connectivity index (χ2v) is 8.36. The molecule has 1 aliphatic rings. The molecule has 1 aromatic heterocycles. The van der Waals surface area contributed by atoms with Crippen molar-refractivity contribution in [1.29, 1.82) is 0 Å². The van der Waals surface area contributed by atoms with E-state index in [2.05, 4.69) is 10.2 Å². The van der Waals surface area contributed by atoms with Gasteiger partial charge in [-0.25, -0.2) is 0 Å². The number of nitrogens with zero attached hydrogens (tertiary/aromatic N) is 4. The molecule has 8 heteroatoms. The van der Waals surface area contributed by atoms with Crippen LogP contribution in [0.5, 0.6) is 11.5 Å². The molecule has 0 N–H and O–H groups in total. The first-order valence-electron chi connectivity index (χ1n) is 10.5. The maximum Gasteiger partial charge on any atom is 0.238 e. The van der Waals surface area contributed by atoms with Crippen LogP contribution in [0.25, 0.3) is 5.69 Å². The number of carbonyl (C=O) groups excluding carboxylic acids is 1. The largest absolute Gasteiger partial charge is 0.495 e. The van der Waals surface area contributed by atoms with E-state index in [1.165, 1.54) is 11.8 Å². The van der Waals surface area contributed by atoms with Crippen molar-refractivity contribution in [3.05, 3.63) is 90.8 Å². The Kier molecular flexibility index (Phi) is 5.99. The predicted molar refractivity (Wildman–Crippen MR) is 127 cm³/mol. The minimum Gasteiger partial charge on any atom is -0.495 e. The van der Waals surface area contributed by atoms with Crippen LogP contribution in [0.2, 0.25) is 0 Å². The number of amides is 1. The molecule has 0 unspecified atom stereocenters. The Labute approximate surface area is 196 Å². The first-order chi connectivity index (χ1) is 16.3. The molecule has 166 valence electrons. The summed E-state index contributed by atoms with van der Waals surface area (Å²) in [6, 6.07) is 25.0. The Morgan fingerprint density at radius 2 is 1.76 bits per heavy atom. The van der Waals surface area contributed by atoms with Crippen molar-refractivity contribution in [1.82, 2.24) is 14.8 Å². The summed E-state index contributed by atoms with van der Waals surface area (Å²) in [5.41, 5.74) is 2.62. The average Bonchev–Trinajstić information content (AvgIpc) is 3.35. The molecule has 4 aromatic rings. The fourth-order valence-electron chi connectivity index (χ4n) is 3.93. The number of fused-ring (bicyclic) bond motifs is 1. The van der Waals surface area contributed by atoms with Crippen LogP contribution in [0.4, 0.5) is 5.69 Å². The van der Waals surface area contributed by atoms with Crippen molar-refractivity contribution >= 4 is 23.4 Å². The summed E-state index contributed by atoms with van der Waals surface area (Å²) in [6.07, 6.45) is 1.63. The number of hydrogen-bond acceptors (Lipinski definition) is 6. The van der Waals surface area contributed by atoms with Crippen LogP contribution in [0.3, 0.4) is 0 Å². The van der Waals surface area contributed by atoms with Gasteiger partial charge in [0, 0.05) is 0 Å². The second kappa shape index (κ2) is 9.38. The van der Waals surface area contributed by atoms with Gasteiger partial charge in [0.1, 0.15) is 24.4 Å². The van der Waals surface area contributed by atoms with E-state index in [4.69, 9.17) is 9.47 Å². The van der Waals surface area contributed by atoms with E-state index in [-0.39, 0.29) is 17.7 Å². The summed E-state index contributed by atoms with van der Waals surface area (Å²) < 4.78 is 13.3. The van der Waals surface area contributed by atoms with Gasteiger partial charge in [0.05, 0.1) is 30.3 Å². The molecule has 0 saturated carbocycles. The molecule has 0 spiro atoms. The minimum atomic E-state index is -0.207. The first-order valence-corrected chi connectivity index (χ1v) is 11.5. The number of carbonyl (C=O) groups is 1. The topological polar surface area (TPSA) is 69.5 Å². The van der Waals surface area contributed by atoms with E-state index >= 15 is 0 Å². The van der Waals surface area contributed by atoms with Crippen LogP contribution in [0.1, 0.15) is 11.6 Å². The smallest absolute Gasteiger partial charge is 0.238 e. The van der Waals surface area contributed by atoms with Crippen LogP contribution in [-0.4, -0.2) is 40.1 Å². The van der Waals surface area contributed by atoms with Crippen molar-refractivity contribution in [2.45, 2.75) is 11.2 Å². The third-order valence-electron chi connectivity index (χ3n) is 5.47. The van der Waals surface area contributed by atoms with Crippen LogP contribution >= 0.6 is 11.8 Å². The van der Waals surface area contributed by atoms with Crippen LogP contribution in [0.15, 0.2) is 90.3 Å². The number of anilines is 1. The number of methoxy groups -OCH3 is 1. The molecule has 1 amide bonds. The van der Waals surface area contributed by atoms with Crippen molar-refractivity contribution < 1.29 is 14.3 Å². The predicted octanol–water partition coefficient (Wildman–Crippen LogP) is 4.53. The number of para-hydroxylation sites is 4. The van der Waals surface area contributed by atoms with Gasteiger partial charge in [0.25, 0.3) is 0 Å². The highest BCUT2D eigenvalue weighted by Crippen LogP contribution is 2.40. The Bertz CT molecular complexity index is 1260. The number of thioether (sulfide) groups is 1. The number of aromatic nitrogens is 3. The Balaban J connectivity index is 1.42. The summed E-state index contributed by atoms with van der Waals surface area (Å²) in [5, 5.41) is 8.90. The molecule has 0 fully saturated rings. The molecule has 3 aromatic carbocycles. The Morgan fingerprint density at radius 1 is 1.03 bits per heavy atom. The van der Waals surface area contributed by atoms with Gasteiger partial charge in [-0.1, -0.05) is 66.4 Å². The van der Waals surface area contributed by atoms with Crippen LogP contribution in [0, 0.1) is 0 Å². The lowest BCUT2D eigenvalue weighted by Gasteiger charge is -2.37. The van der Waals surface area contributed by atoms with Crippen molar-refractivity contribution in [3.63, 3.8) is 0 Å². The number of hydrogen-bond donors (Lipinski definition) is 0. The summed E-state index contributed by atoms with van der Waals surface area (Å²) in [4.78, 5) is 15.4. The number of ether oxygens (including phenoxy) is 2. The summed E-state index contributed by atoms with van der Waals surface area (Å²) in [6.45, 7) is 0.398. The maximum absolute atomic E-state index is 13.6. The van der Waals surface area contributed by atoms with Gasteiger partial charge >= 0.3 is 0 Å². The van der Waals surface area contributed by atoms with Gasteiger partial charge in [-0.05, 0) is 29.8 Å². The molecule has 0 saturated heterocycles. The van der Waals surface area contributed by atoms with Crippen LogP contribution in [-0.2, 0) is 4.79 Å². The van der Waals surface area contributed by atoms with E-state index in [0.717, 1.165) is 16.9 Å². The Morgan fingerprint density at radius 3 is 2.58 bits per heavy atom. The molecule has 2 heterocycles. The standard InChI is InChI=1S/C25H22N4O3S/c1-31-22-13-7-5-11-19(22)28-17-26-27-25(28)33-16-24(30)29-20-12-6-8-14-23(20)32-15-21(29)18-9-3-2-4-10-18/h2-14,17,21H,15-16H2,1H3/t21-/m0/s1. The number of benzene rings is 3. The molecule has 0 bridgehead atoms. The zero-order valence-corrected chi connectivity index (χ0v) is 18.8. The van der Waals surface area contributed by atoms with Crippen molar-refractivity contribution in [2.24, 2.45) is 0 Å². The quantitative estimate of drug-likeness (QED) is 0.395. The van der Waals surface area contributed by atoms with E-state index in [0.29, 0.717) is 23.3 Å². The van der Waals surface area contributed by atoms with Crippen LogP contribution < -0.4 is 14.4 Å². The lowest BCUT2D eigenvalue weighted by Crippen LogP contribution is -2.42. The molecule has 33 heavy (non-hydrogen) atoms. The third-order valence-corrected chi connectivity index (χ3v) is 6.40. The van der Waals surface area contributed by atoms with E-state index in [1.54, 1.807) is 13.4 Å². The molecule has 0 radical (unpaired) electrons. The van der Waals surface area contributed by atoms with Gasteiger partial charge in [-0.15, -0.1) is 10.2 Å². The van der Waals surface area contributed by atoms with Gasteiger partial charge in [0.15, 0.2) is 5.16 Å². The number of rotatable bonds is 6. The molecule has 1 atom stereocenters. The second-order valence-electron chi connectivity index (χ2n) is 7.41. The zero-order valence-electron chi connectivity index (χ0n) is 18.0. The zero-order chi connectivity index (χ0) is 22.6. The van der Waals surface area contributed by atoms with Gasteiger partial charge in [-0.3, -0.25) is 14.3 Å². The molecular weight excluding hydrogens is 436 g/mol. The maximum atomic E-state index is 13.6. The molecule has 0 aliphatic carbocycles. The lowest BCUT2D eigenvalue weighted by molar-refractivity contribution is -0.117. The normalized spacial score (nSPS) is 14.9. The third kappa shape index (κ3) is 4.17. The first kappa shape index (κ1) is 21.1. The molecule has 1 aliphatic heterocycles. The molecule has 5 rings (SSSR count). The molecular formula is C25H22N4O3S. The lowest BCUT2D eigenvalue weighted by atomic mass is 10.0. The highest BCUT2D eigenvalue weighted by atomic mass is 32.2. The minimum absolute atomic E-state index is 0.0285. The SMILES string of the molecule is COc1ccccc1-n1cnnc1SCC(=O)N1c2ccccc2OC[C@H]1c1ccccc1. The van der Waals surface area contributed by atoms with E-state index in [1.807, 2.05) is 88.3 Å². The average molecular weight is 459 g/mol. The van der Waals surface area contributed by atoms with Crippen molar-refractivity contribution in [2.75, 3.05) is 24.4 Å². The Hall–Kier alpha value is -3.78.